The number of hydrogen-bond acceptors (Lipinski definition) is 1. The van der Waals surface area contributed by atoms with Crippen LogP contribution in [0, 0.1) is 0 Å². The summed E-state index contributed by atoms with van der Waals surface area (Å²) in [7, 11) is 0. The maximum atomic E-state index is 2.40. The average Bonchev–Trinajstić information content (AvgIpc) is 3.09. The molecule has 0 aliphatic rings. The molecule has 43 heavy (non-hydrogen) atoms. The lowest BCUT2D eigenvalue weighted by atomic mass is 9.94. The molecule has 0 saturated heterocycles. The zero-order valence-electron chi connectivity index (χ0n) is 23.7. The minimum Gasteiger partial charge on any atom is -0.310 e. The van der Waals surface area contributed by atoms with Crippen LogP contribution < -0.4 is 4.90 Å². The van der Waals surface area contributed by atoms with Crippen LogP contribution in [-0.4, -0.2) is 0 Å². The molecule has 0 saturated carbocycles. The second-order valence-electron chi connectivity index (χ2n) is 11.0. The van der Waals surface area contributed by atoms with Crippen molar-refractivity contribution >= 4 is 49.4 Å². The Morgan fingerprint density at radius 2 is 0.814 bits per heavy atom. The van der Waals surface area contributed by atoms with E-state index in [1.54, 1.807) is 0 Å². The molecule has 8 aromatic carbocycles. The van der Waals surface area contributed by atoms with Gasteiger partial charge in [-0.3, -0.25) is 0 Å². The van der Waals surface area contributed by atoms with Crippen LogP contribution in [0.15, 0.2) is 176 Å². The molecule has 0 unspecified atom stereocenters. The fraction of sp³-hybridized carbons (Fsp3) is 0. The summed E-state index contributed by atoms with van der Waals surface area (Å²) in [5.74, 6) is 0. The number of rotatable bonds is 5. The van der Waals surface area contributed by atoms with Gasteiger partial charge in [0.05, 0.1) is 5.69 Å². The largest absolute Gasteiger partial charge is 0.310 e. The van der Waals surface area contributed by atoms with Crippen molar-refractivity contribution in [3.05, 3.63) is 176 Å². The van der Waals surface area contributed by atoms with Gasteiger partial charge in [-0.15, -0.1) is 0 Å². The highest BCUT2D eigenvalue weighted by atomic mass is 15.1. The fourth-order valence-electron chi connectivity index (χ4n) is 6.36. The van der Waals surface area contributed by atoms with Crippen molar-refractivity contribution in [2.24, 2.45) is 0 Å². The van der Waals surface area contributed by atoms with Gasteiger partial charge in [0, 0.05) is 16.8 Å². The molecule has 0 atom stereocenters. The van der Waals surface area contributed by atoms with Crippen LogP contribution in [0.4, 0.5) is 17.1 Å². The Morgan fingerprint density at radius 3 is 1.56 bits per heavy atom. The van der Waals surface area contributed by atoms with E-state index in [0.29, 0.717) is 0 Å². The standard InChI is InChI=1S/C42H29N/c1-3-11-30(12-4-1)35-15-9-16-36(29-35)31-25-27-38(28-26-31)43(37-17-5-2-6-18-37)40-20-10-14-33-23-24-34-22-21-32-13-7-8-19-39(32)41(34)42(33)40/h1-29H. The quantitative estimate of drug-likeness (QED) is 0.194. The van der Waals surface area contributed by atoms with Crippen molar-refractivity contribution in [2.45, 2.75) is 0 Å². The Kier molecular flexibility index (Phi) is 6.20. The average molecular weight is 548 g/mol. The lowest BCUT2D eigenvalue weighted by Gasteiger charge is -2.27. The summed E-state index contributed by atoms with van der Waals surface area (Å²) in [6.07, 6.45) is 0. The predicted molar refractivity (Wildman–Crippen MR) is 185 cm³/mol. The Balaban J connectivity index is 1.31. The normalized spacial score (nSPS) is 11.3. The number of benzene rings is 8. The minimum atomic E-state index is 1.12. The molecule has 0 aliphatic carbocycles. The molecule has 8 rings (SSSR count). The highest BCUT2D eigenvalue weighted by Gasteiger charge is 2.18. The fourth-order valence-corrected chi connectivity index (χ4v) is 6.36. The van der Waals surface area contributed by atoms with E-state index in [1.165, 1.54) is 60.3 Å². The van der Waals surface area contributed by atoms with Gasteiger partial charge in [-0.1, -0.05) is 140 Å². The third-order valence-electron chi connectivity index (χ3n) is 8.41. The summed E-state index contributed by atoms with van der Waals surface area (Å²) in [6.45, 7) is 0. The molecular weight excluding hydrogens is 518 g/mol. The van der Waals surface area contributed by atoms with E-state index in [0.717, 1.165) is 11.4 Å². The topological polar surface area (TPSA) is 3.24 Å². The van der Waals surface area contributed by atoms with Crippen molar-refractivity contribution < 1.29 is 0 Å². The molecule has 0 amide bonds. The molecular formula is C42H29N. The van der Waals surface area contributed by atoms with E-state index < -0.39 is 0 Å². The molecule has 0 aliphatic heterocycles. The van der Waals surface area contributed by atoms with Gasteiger partial charge in [-0.05, 0) is 85.6 Å². The molecule has 202 valence electrons. The number of para-hydroxylation sites is 1. The van der Waals surface area contributed by atoms with Crippen molar-refractivity contribution in [3.63, 3.8) is 0 Å². The highest BCUT2D eigenvalue weighted by Crippen LogP contribution is 2.43. The van der Waals surface area contributed by atoms with E-state index in [1.807, 2.05) is 0 Å². The summed E-state index contributed by atoms with van der Waals surface area (Å²) in [5.41, 5.74) is 8.29. The van der Waals surface area contributed by atoms with Gasteiger partial charge < -0.3 is 4.90 Å². The van der Waals surface area contributed by atoms with Crippen LogP contribution in [0.2, 0.25) is 0 Å². The van der Waals surface area contributed by atoms with Gasteiger partial charge in [0.2, 0.25) is 0 Å². The van der Waals surface area contributed by atoms with Crippen LogP contribution >= 0.6 is 0 Å². The second kappa shape index (κ2) is 10.6. The van der Waals surface area contributed by atoms with Gasteiger partial charge in [0.1, 0.15) is 0 Å². The molecule has 0 heterocycles. The van der Waals surface area contributed by atoms with E-state index in [2.05, 4.69) is 181 Å². The lowest BCUT2D eigenvalue weighted by Crippen LogP contribution is -2.10. The Bertz CT molecular complexity index is 2210. The minimum absolute atomic E-state index is 1.12. The smallest absolute Gasteiger partial charge is 0.0546 e. The lowest BCUT2D eigenvalue weighted by molar-refractivity contribution is 1.30. The van der Waals surface area contributed by atoms with Crippen molar-refractivity contribution in [2.75, 3.05) is 4.90 Å². The highest BCUT2D eigenvalue weighted by molar-refractivity contribution is 6.24. The Hall–Kier alpha value is -5.66. The van der Waals surface area contributed by atoms with Gasteiger partial charge in [0.25, 0.3) is 0 Å². The van der Waals surface area contributed by atoms with Gasteiger partial charge >= 0.3 is 0 Å². The molecule has 0 radical (unpaired) electrons. The summed E-state index contributed by atoms with van der Waals surface area (Å²) in [5, 5.41) is 7.57. The molecule has 0 spiro atoms. The maximum absolute atomic E-state index is 2.40. The van der Waals surface area contributed by atoms with Crippen LogP contribution in [0.5, 0.6) is 0 Å². The zero-order valence-corrected chi connectivity index (χ0v) is 23.7. The van der Waals surface area contributed by atoms with E-state index >= 15 is 0 Å². The Labute approximate surface area is 251 Å². The summed E-state index contributed by atoms with van der Waals surface area (Å²) in [6, 6.07) is 63.4. The predicted octanol–water partition coefficient (Wildman–Crippen LogP) is 11.9. The number of nitrogens with zero attached hydrogens (tertiary/aromatic N) is 1. The van der Waals surface area contributed by atoms with Crippen molar-refractivity contribution in [1.29, 1.82) is 0 Å². The molecule has 1 heteroatoms. The first-order chi connectivity index (χ1) is 21.3. The van der Waals surface area contributed by atoms with Crippen molar-refractivity contribution in [1.82, 2.24) is 0 Å². The molecule has 0 fully saturated rings. The maximum Gasteiger partial charge on any atom is 0.0546 e. The monoisotopic (exact) mass is 547 g/mol. The van der Waals surface area contributed by atoms with Crippen LogP contribution in [0.25, 0.3) is 54.6 Å². The first-order valence-electron chi connectivity index (χ1n) is 14.8. The first kappa shape index (κ1) is 25.1. The number of hydrogen-bond donors (Lipinski definition) is 0. The van der Waals surface area contributed by atoms with Crippen LogP contribution in [0.3, 0.4) is 0 Å². The third kappa shape index (κ3) is 4.52. The molecule has 0 bridgehead atoms. The van der Waals surface area contributed by atoms with E-state index in [-0.39, 0.29) is 0 Å². The summed E-state index contributed by atoms with van der Waals surface area (Å²) >= 11 is 0. The van der Waals surface area contributed by atoms with Gasteiger partial charge in [-0.2, -0.15) is 0 Å². The van der Waals surface area contributed by atoms with Crippen molar-refractivity contribution in [3.8, 4) is 22.3 Å². The third-order valence-corrected chi connectivity index (χ3v) is 8.41. The van der Waals surface area contributed by atoms with Crippen LogP contribution in [-0.2, 0) is 0 Å². The molecule has 8 aromatic rings. The van der Waals surface area contributed by atoms with Crippen LogP contribution in [0.1, 0.15) is 0 Å². The molecule has 0 N–H and O–H groups in total. The molecule has 1 nitrogen and oxygen atoms in total. The number of anilines is 3. The number of fused-ring (bicyclic) bond motifs is 5. The molecule has 0 aromatic heterocycles. The SMILES string of the molecule is c1ccc(-c2cccc(-c3ccc(N(c4ccccc4)c4cccc5ccc6ccc7ccccc7c6c45)cc3)c2)cc1. The van der Waals surface area contributed by atoms with E-state index in [9.17, 15) is 0 Å². The van der Waals surface area contributed by atoms with Gasteiger partial charge in [0.15, 0.2) is 0 Å². The van der Waals surface area contributed by atoms with E-state index in [4.69, 9.17) is 0 Å². The van der Waals surface area contributed by atoms with Gasteiger partial charge in [-0.25, -0.2) is 0 Å². The first-order valence-corrected chi connectivity index (χ1v) is 14.8. The summed E-state index contributed by atoms with van der Waals surface area (Å²) < 4.78 is 0. The second-order valence-corrected chi connectivity index (χ2v) is 11.0. The summed E-state index contributed by atoms with van der Waals surface area (Å²) in [4.78, 5) is 2.40. The Morgan fingerprint density at radius 1 is 0.302 bits per heavy atom. The zero-order chi connectivity index (χ0) is 28.6.